The molecule has 0 aromatic rings. The third-order valence-corrected chi connectivity index (χ3v) is 3.07. The lowest BCUT2D eigenvalue weighted by atomic mass is 9.98. The van der Waals surface area contributed by atoms with Gasteiger partial charge in [-0.1, -0.05) is 0 Å². The number of hydrogen-bond donors (Lipinski definition) is 3. The van der Waals surface area contributed by atoms with Crippen molar-refractivity contribution in [2.75, 3.05) is 26.2 Å². The van der Waals surface area contributed by atoms with Gasteiger partial charge in [0.05, 0.1) is 5.92 Å². The largest absolute Gasteiger partial charge is 0.352 e. The van der Waals surface area contributed by atoms with E-state index in [9.17, 15) is 4.79 Å². The predicted molar refractivity (Wildman–Crippen MR) is 55.0 cm³/mol. The minimum atomic E-state index is 0.198. The fourth-order valence-electron chi connectivity index (χ4n) is 2.17. The molecule has 80 valence electrons. The van der Waals surface area contributed by atoms with Crippen LogP contribution in [-0.2, 0) is 4.79 Å². The molecule has 3 N–H and O–H groups in total. The second-order valence-electron chi connectivity index (χ2n) is 4.24. The van der Waals surface area contributed by atoms with Crippen molar-refractivity contribution in [1.29, 1.82) is 0 Å². The SMILES string of the molecule is O=C(NC1CCNC1)C1CCCNC1. The molecule has 0 aromatic carbocycles. The number of carbonyl (C=O) groups is 1. The minimum Gasteiger partial charge on any atom is -0.352 e. The summed E-state index contributed by atoms with van der Waals surface area (Å²) in [4.78, 5) is 11.8. The maximum Gasteiger partial charge on any atom is 0.224 e. The number of rotatable bonds is 2. The molecule has 2 unspecified atom stereocenters. The van der Waals surface area contributed by atoms with E-state index >= 15 is 0 Å². The predicted octanol–water partition coefficient (Wildman–Crippen LogP) is -0.536. The van der Waals surface area contributed by atoms with Gasteiger partial charge in [-0.15, -0.1) is 0 Å². The Balaban J connectivity index is 1.75. The molecule has 2 aliphatic rings. The summed E-state index contributed by atoms with van der Waals surface area (Å²) in [7, 11) is 0. The lowest BCUT2D eigenvalue weighted by Gasteiger charge is -2.23. The molecule has 0 aliphatic carbocycles. The zero-order chi connectivity index (χ0) is 9.80. The Morgan fingerprint density at radius 3 is 2.64 bits per heavy atom. The highest BCUT2D eigenvalue weighted by molar-refractivity contribution is 5.79. The summed E-state index contributed by atoms with van der Waals surface area (Å²) >= 11 is 0. The van der Waals surface area contributed by atoms with E-state index in [2.05, 4.69) is 16.0 Å². The second-order valence-corrected chi connectivity index (χ2v) is 4.24. The molecular weight excluding hydrogens is 178 g/mol. The fourth-order valence-corrected chi connectivity index (χ4v) is 2.17. The van der Waals surface area contributed by atoms with Gasteiger partial charge in [-0.05, 0) is 32.4 Å². The zero-order valence-corrected chi connectivity index (χ0v) is 8.51. The smallest absolute Gasteiger partial charge is 0.224 e. The Morgan fingerprint density at radius 1 is 1.14 bits per heavy atom. The van der Waals surface area contributed by atoms with Crippen LogP contribution in [0.3, 0.4) is 0 Å². The Kier molecular flexibility index (Phi) is 3.37. The Morgan fingerprint density at radius 2 is 2.00 bits per heavy atom. The topological polar surface area (TPSA) is 53.2 Å². The van der Waals surface area contributed by atoms with Crippen molar-refractivity contribution in [2.45, 2.75) is 25.3 Å². The molecule has 14 heavy (non-hydrogen) atoms. The van der Waals surface area contributed by atoms with Crippen LogP contribution in [0, 0.1) is 5.92 Å². The summed E-state index contributed by atoms with van der Waals surface area (Å²) < 4.78 is 0. The van der Waals surface area contributed by atoms with E-state index in [1.165, 1.54) is 0 Å². The van der Waals surface area contributed by atoms with Gasteiger partial charge in [0.15, 0.2) is 0 Å². The van der Waals surface area contributed by atoms with Crippen LogP contribution in [-0.4, -0.2) is 38.1 Å². The van der Waals surface area contributed by atoms with Gasteiger partial charge in [0, 0.05) is 19.1 Å². The molecule has 4 heteroatoms. The van der Waals surface area contributed by atoms with E-state index in [-0.39, 0.29) is 11.8 Å². The Bertz CT molecular complexity index is 196. The number of amides is 1. The van der Waals surface area contributed by atoms with Gasteiger partial charge in [-0.3, -0.25) is 4.79 Å². The van der Waals surface area contributed by atoms with Gasteiger partial charge in [0.25, 0.3) is 0 Å². The summed E-state index contributed by atoms with van der Waals surface area (Å²) in [5.41, 5.74) is 0. The van der Waals surface area contributed by atoms with E-state index < -0.39 is 0 Å². The lowest BCUT2D eigenvalue weighted by molar-refractivity contribution is -0.126. The number of piperidine rings is 1. The van der Waals surface area contributed by atoms with Gasteiger partial charge in [0.1, 0.15) is 0 Å². The maximum absolute atomic E-state index is 11.8. The van der Waals surface area contributed by atoms with Crippen molar-refractivity contribution in [3.8, 4) is 0 Å². The van der Waals surface area contributed by atoms with Crippen LogP contribution >= 0.6 is 0 Å². The van der Waals surface area contributed by atoms with Crippen molar-refractivity contribution in [2.24, 2.45) is 5.92 Å². The number of carbonyl (C=O) groups excluding carboxylic acids is 1. The van der Waals surface area contributed by atoms with Gasteiger partial charge in [-0.2, -0.15) is 0 Å². The van der Waals surface area contributed by atoms with Crippen LogP contribution in [0.4, 0.5) is 0 Å². The van der Waals surface area contributed by atoms with Crippen LogP contribution in [0.1, 0.15) is 19.3 Å². The quantitative estimate of drug-likeness (QED) is 0.557. The summed E-state index contributed by atoms with van der Waals surface area (Å²) in [5.74, 6) is 0.440. The van der Waals surface area contributed by atoms with E-state index in [4.69, 9.17) is 0 Å². The molecule has 2 rings (SSSR count). The molecule has 2 fully saturated rings. The molecule has 1 amide bonds. The van der Waals surface area contributed by atoms with Crippen molar-refractivity contribution in [3.05, 3.63) is 0 Å². The monoisotopic (exact) mass is 197 g/mol. The average Bonchev–Trinajstić information content (AvgIpc) is 2.72. The first-order chi connectivity index (χ1) is 6.86. The highest BCUT2D eigenvalue weighted by atomic mass is 16.2. The Hall–Kier alpha value is -0.610. The van der Waals surface area contributed by atoms with E-state index in [0.29, 0.717) is 6.04 Å². The molecule has 0 aromatic heterocycles. The van der Waals surface area contributed by atoms with Gasteiger partial charge in [-0.25, -0.2) is 0 Å². The Labute approximate surface area is 84.8 Å². The molecule has 0 radical (unpaired) electrons. The van der Waals surface area contributed by atoms with Crippen molar-refractivity contribution >= 4 is 5.91 Å². The van der Waals surface area contributed by atoms with Crippen molar-refractivity contribution < 1.29 is 4.79 Å². The summed E-state index contributed by atoms with van der Waals surface area (Å²) in [6.07, 6.45) is 3.24. The summed E-state index contributed by atoms with van der Waals surface area (Å²) in [5, 5.41) is 9.62. The average molecular weight is 197 g/mol. The molecule has 2 heterocycles. The van der Waals surface area contributed by atoms with Crippen molar-refractivity contribution in [3.63, 3.8) is 0 Å². The molecule has 4 nitrogen and oxygen atoms in total. The highest BCUT2D eigenvalue weighted by Gasteiger charge is 2.24. The normalized spacial score (nSPS) is 32.9. The molecule has 0 bridgehead atoms. The fraction of sp³-hybridized carbons (Fsp3) is 0.900. The van der Waals surface area contributed by atoms with Crippen LogP contribution in [0.2, 0.25) is 0 Å². The van der Waals surface area contributed by atoms with Crippen LogP contribution in [0.5, 0.6) is 0 Å². The third-order valence-electron chi connectivity index (χ3n) is 3.07. The lowest BCUT2D eigenvalue weighted by Crippen LogP contribution is -2.45. The van der Waals surface area contributed by atoms with Crippen LogP contribution in [0.15, 0.2) is 0 Å². The van der Waals surface area contributed by atoms with Crippen LogP contribution in [0.25, 0.3) is 0 Å². The zero-order valence-electron chi connectivity index (χ0n) is 8.51. The molecule has 2 saturated heterocycles. The molecule has 0 spiro atoms. The minimum absolute atomic E-state index is 0.198. The first kappa shape index (κ1) is 9.93. The molecular formula is C10H19N3O. The first-order valence-electron chi connectivity index (χ1n) is 5.58. The third kappa shape index (κ3) is 2.45. The van der Waals surface area contributed by atoms with Crippen molar-refractivity contribution in [1.82, 2.24) is 16.0 Å². The second kappa shape index (κ2) is 4.75. The maximum atomic E-state index is 11.8. The van der Waals surface area contributed by atoms with E-state index in [1.807, 2.05) is 0 Å². The molecule has 2 atom stereocenters. The number of hydrogen-bond acceptors (Lipinski definition) is 3. The van der Waals surface area contributed by atoms with E-state index in [0.717, 1.165) is 45.4 Å². The van der Waals surface area contributed by atoms with E-state index in [1.54, 1.807) is 0 Å². The summed E-state index contributed by atoms with van der Waals surface area (Å²) in [6.45, 7) is 3.89. The highest BCUT2D eigenvalue weighted by Crippen LogP contribution is 2.10. The summed E-state index contributed by atoms with van der Waals surface area (Å²) in [6, 6.07) is 0.365. The molecule has 0 saturated carbocycles. The van der Waals surface area contributed by atoms with Crippen LogP contribution < -0.4 is 16.0 Å². The standard InChI is InChI=1S/C10H19N3O/c14-10(8-2-1-4-11-6-8)13-9-3-5-12-7-9/h8-9,11-12H,1-7H2,(H,13,14). The molecule has 2 aliphatic heterocycles. The van der Waals surface area contributed by atoms with Gasteiger partial charge >= 0.3 is 0 Å². The van der Waals surface area contributed by atoms with Gasteiger partial charge in [0.2, 0.25) is 5.91 Å². The van der Waals surface area contributed by atoms with Gasteiger partial charge < -0.3 is 16.0 Å². The number of nitrogens with one attached hydrogen (secondary N) is 3. The first-order valence-corrected chi connectivity index (χ1v) is 5.58.